The van der Waals surface area contributed by atoms with E-state index in [2.05, 4.69) is 33.8 Å². The van der Waals surface area contributed by atoms with Crippen LogP contribution in [0.15, 0.2) is 6.07 Å². The fraction of sp³-hybridized carbons (Fsp3) is 0.476. The van der Waals surface area contributed by atoms with Crippen molar-refractivity contribution in [1.82, 2.24) is 14.6 Å². The molecule has 0 fully saturated rings. The number of benzene rings is 1. The predicted molar refractivity (Wildman–Crippen MR) is 122 cm³/mol. The maximum absolute atomic E-state index is 14.1. The predicted octanol–water partition coefficient (Wildman–Crippen LogP) is 4.15. The van der Waals surface area contributed by atoms with Crippen LogP contribution in [-0.2, 0) is 6.61 Å². The maximum Gasteiger partial charge on any atom is 0.410 e. The molecule has 2 aromatic rings. The highest BCUT2D eigenvalue weighted by molar-refractivity contribution is 7.11. The van der Waals surface area contributed by atoms with Crippen LogP contribution in [0, 0.1) is 24.4 Å². The number of amides is 3. The van der Waals surface area contributed by atoms with Crippen LogP contribution in [0.2, 0.25) is 0 Å². The van der Waals surface area contributed by atoms with Gasteiger partial charge in [0.1, 0.15) is 12.4 Å². The van der Waals surface area contributed by atoms with Crippen LogP contribution in [0.1, 0.15) is 37.8 Å². The van der Waals surface area contributed by atoms with Crippen molar-refractivity contribution in [1.29, 1.82) is 0 Å². The Hall–Kier alpha value is -3.06. The van der Waals surface area contributed by atoms with E-state index in [4.69, 9.17) is 15.2 Å². The molecule has 0 aliphatic carbocycles. The van der Waals surface area contributed by atoms with Gasteiger partial charge in [-0.25, -0.2) is 22.8 Å². The summed E-state index contributed by atoms with van der Waals surface area (Å²) in [4.78, 5) is 25.8. The number of anilines is 1. The van der Waals surface area contributed by atoms with Crippen LogP contribution in [0.5, 0.6) is 11.6 Å². The molecule has 0 radical (unpaired) electrons. The number of primary amides is 1. The molecule has 1 aromatic heterocycles. The van der Waals surface area contributed by atoms with Crippen molar-refractivity contribution in [3.05, 3.63) is 34.6 Å². The second kappa shape index (κ2) is 13.0. The molecule has 188 valence electrons. The molecular weight excluding hydrogens is 475 g/mol. The summed E-state index contributed by atoms with van der Waals surface area (Å²) >= 11 is 0.701. The van der Waals surface area contributed by atoms with E-state index in [9.17, 15) is 22.8 Å². The van der Waals surface area contributed by atoms with Crippen molar-refractivity contribution in [2.75, 3.05) is 31.5 Å². The molecule has 0 aliphatic rings. The molecule has 34 heavy (non-hydrogen) atoms. The zero-order valence-electron chi connectivity index (χ0n) is 19.2. The Bertz CT molecular complexity index is 1000. The third-order valence-corrected chi connectivity index (χ3v) is 5.65. The molecule has 0 atom stereocenters. The highest BCUT2D eigenvalue weighted by atomic mass is 32.1. The standard InChI is InChI=1S/C21H28F3N5O4S/c1-4-29(5-2)9-7-6-8-26-21(31)27-19-17(33-20(25)30)18(28-34-19)32-11-13-14(22)10-12(3)15(23)16(13)24/h10H,4-9,11H2,1-3H3,(H2,25,30)(H2,26,27,31). The van der Waals surface area contributed by atoms with Crippen LogP contribution >= 0.6 is 11.5 Å². The van der Waals surface area contributed by atoms with E-state index < -0.39 is 41.7 Å². The summed E-state index contributed by atoms with van der Waals surface area (Å²) in [5, 5.41) is 5.13. The molecule has 0 aliphatic heterocycles. The number of hydrogen-bond donors (Lipinski definition) is 3. The molecule has 1 heterocycles. The summed E-state index contributed by atoms with van der Waals surface area (Å²) in [6, 6.07) is 0.253. The van der Waals surface area contributed by atoms with Crippen molar-refractivity contribution in [2.45, 2.75) is 40.2 Å². The fourth-order valence-electron chi connectivity index (χ4n) is 3.00. The molecule has 13 heteroatoms. The first-order valence-corrected chi connectivity index (χ1v) is 11.4. The second-order valence-corrected chi connectivity index (χ2v) is 8.03. The topological polar surface area (TPSA) is 119 Å². The monoisotopic (exact) mass is 503 g/mol. The van der Waals surface area contributed by atoms with Crippen molar-refractivity contribution in [3.8, 4) is 11.6 Å². The zero-order valence-corrected chi connectivity index (χ0v) is 20.0. The van der Waals surface area contributed by atoms with Gasteiger partial charge in [-0.3, -0.25) is 5.32 Å². The minimum absolute atomic E-state index is 0.00882. The Balaban J connectivity index is 2.00. The molecule has 1 aromatic carbocycles. The van der Waals surface area contributed by atoms with E-state index in [-0.39, 0.29) is 22.2 Å². The molecule has 0 saturated carbocycles. The SMILES string of the molecule is CCN(CC)CCCCNC(=O)Nc1snc(OCc2c(F)cc(C)c(F)c2F)c1OC(N)=O. The highest BCUT2D eigenvalue weighted by Gasteiger charge is 2.23. The molecule has 0 saturated heterocycles. The molecule has 4 N–H and O–H groups in total. The number of unbranched alkanes of at least 4 members (excludes halogenated alkanes) is 1. The number of nitrogens with zero attached hydrogens (tertiary/aromatic N) is 2. The number of urea groups is 1. The lowest BCUT2D eigenvalue weighted by Gasteiger charge is -2.17. The summed E-state index contributed by atoms with van der Waals surface area (Å²) in [6.45, 7) is 7.90. The summed E-state index contributed by atoms with van der Waals surface area (Å²) in [7, 11) is 0. The Morgan fingerprint density at radius 1 is 1.18 bits per heavy atom. The van der Waals surface area contributed by atoms with Crippen molar-refractivity contribution < 1.29 is 32.2 Å². The van der Waals surface area contributed by atoms with E-state index in [1.807, 2.05) is 0 Å². The minimum atomic E-state index is -1.40. The highest BCUT2D eigenvalue weighted by Crippen LogP contribution is 2.39. The summed E-state index contributed by atoms with van der Waals surface area (Å²) < 4.78 is 55.9. The van der Waals surface area contributed by atoms with Crippen LogP contribution in [-0.4, -0.2) is 47.6 Å². The smallest absolute Gasteiger partial charge is 0.410 e. The first-order chi connectivity index (χ1) is 16.2. The van der Waals surface area contributed by atoms with Crippen LogP contribution in [0.3, 0.4) is 0 Å². The van der Waals surface area contributed by atoms with E-state index in [0.29, 0.717) is 18.1 Å². The number of aryl methyl sites for hydroxylation is 1. The first-order valence-electron chi connectivity index (χ1n) is 10.7. The lowest BCUT2D eigenvalue weighted by Crippen LogP contribution is -2.30. The number of aromatic nitrogens is 1. The first kappa shape index (κ1) is 27.2. The molecule has 0 unspecified atom stereocenters. The van der Waals surface area contributed by atoms with Gasteiger partial charge in [0.15, 0.2) is 16.6 Å². The average Bonchev–Trinajstić information content (AvgIpc) is 3.15. The average molecular weight is 504 g/mol. The summed E-state index contributed by atoms with van der Waals surface area (Å²) in [5.74, 6) is -4.30. The minimum Gasteiger partial charge on any atom is -0.469 e. The number of ether oxygens (including phenoxy) is 2. The molecule has 0 bridgehead atoms. The van der Waals surface area contributed by atoms with Gasteiger partial charge in [0.25, 0.3) is 5.88 Å². The van der Waals surface area contributed by atoms with Gasteiger partial charge in [-0.15, -0.1) is 4.37 Å². The normalized spacial score (nSPS) is 10.9. The van der Waals surface area contributed by atoms with Gasteiger partial charge < -0.3 is 25.4 Å². The van der Waals surface area contributed by atoms with E-state index >= 15 is 0 Å². The van der Waals surface area contributed by atoms with Crippen LogP contribution in [0.25, 0.3) is 0 Å². The number of halogens is 3. The number of hydrogen-bond acceptors (Lipinski definition) is 7. The molecule has 3 amide bonds. The number of rotatable bonds is 12. The van der Waals surface area contributed by atoms with Gasteiger partial charge in [0.2, 0.25) is 5.75 Å². The number of carbonyl (C=O) groups is 2. The van der Waals surface area contributed by atoms with Gasteiger partial charge in [-0.05, 0) is 62.6 Å². The summed E-state index contributed by atoms with van der Waals surface area (Å²) in [5.41, 5.74) is 4.20. The van der Waals surface area contributed by atoms with Crippen molar-refractivity contribution in [3.63, 3.8) is 0 Å². The van der Waals surface area contributed by atoms with E-state index in [1.165, 1.54) is 6.92 Å². The zero-order chi connectivity index (χ0) is 25.3. The Morgan fingerprint density at radius 3 is 2.53 bits per heavy atom. The van der Waals surface area contributed by atoms with E-state index in [0.717, 1.165) is 38.5 Å². The molecular formula is C21H28F3N5O4S. The quantitative estimate of drug-likeness (QED) is 0.296. The maximum atomic E-state index is 14.1. The number of nitrogens with two attached hydrogens (primary N) is 1. The van der Waals surface area contributed by atoms with Gasteiger partial charge >= 0.3 is 12.1 Å². The second-order valence-electron chi connectivity index (χ2n) is 7.25. The lowest BCUT2D eigenvalue weighted by atomic mass is 10.1. The molecule has 0 spiro atoms. The van der Waals surface area contributed by atoms with Gasteiger partial charge in [0, 0.05) is 6.54 Å². The number of nitrogens with one attached hydrogen (secondary N) is 2. The van der Waals surface area contributed by atoms with E-state index in [1.54, 1.807) is 0 Å². The third kappa shape index (κ3) is 7.48. The van der Waals surface area contributed by atoms with Crippen molar-refractivity contribution in [2.24, 2.45) is 5.73 Å². The molecule has 9 nitrogen and oxygen atoms in total. The third-order valence-electron chi connectivity index (χ3n) is 4.92. The fourth-order valence-corrected chi connectivity index (χ4v) is 3.66. The lowest BCUT2D eigenvalue weighted by molar-refractivity contribution is 0.205. The Kier molecular flexibility index (Phi) is 10.4. The van der Waals surface area contributed by atoms with Crippen molar-refractivity contribution >= 4 is 28.7 Å². The van der Waals surface area contributed by atoms with Crippen LogP contribution in [0.4, 0.5) is 27.8 Å². The van der Waals surface area contributed by atoms with Gasteiger partial charge in [0.05, 0.1) is 5.56 Å². The Labute approximate surface area is 199 Å². The number of carbonyl (C=O) groups excluding carboxylic acids is 2. The van der Waals surface area contributed by atoms with Crippen LogP contribution < -0.4 is 25.8 Å². The van der Waals surface area contributed by atoms with Gasteiger partial charge in [-0.1, -0.05) is 13.8 Å². The van der Waals surface area contributed by atoms with Gasteiger partial charge in [-0.2, -0.15) is 0 Å². The molecule has 2 rings (SSSR count). The largest absolute Gasteiger partial charge is 0.469 e. The summed E-state index contributed by atoms with van der Waals surface area (Å²) in [6.07, 6.45) is 0.447. The Morgan fingerprint density at radius 2 is 1.88 bits per heavy atom.